The van der Waals surface area contributed by atoms with E-state index >= 15 is 0 Å². The van der Waals surface area contributed by atoms with Gasteiger partial charge >= 0.3 is 5.97 Å². The Morgan fingerprint density at radius 3 is 1.28 bits per heavy atom. The number of carbonyl (C=O) groups excluding carboxylic acids is 1. The van der Waals surface area contributed by atoms with Gasteiger partial charge in [-0.25, -0.2) is 4.79 Å². The Hall–Kier alpha value is -4.59. The highest BCUT2D eigenvalue weighted by Crippen LogP contribution is 2.53. The standard InChI is InChI=1S/C44H40Cl4N2O4/c1-7-52-33-21-13-29(14-22-33)35(27-9-17-31(18-10-27)49(3)4)25-44(38-37(43(51)54-44)39(45)41(47)42(48)40(38)46)26-36(28-11-19-32(20-12-28)50(5)6)30-15-23-34(24-16-30)53-8-2/h9-26H,7-8H2,1-6H3/b35-25+,36-26+. The van der Waals surface area contributed by atoms with Crippen LogP contribution in [0, 0.1) is 0 Å². The second kappa shape index (κ2) is 16.4. The minimum atomic E-state index is -1.64. The van der Waals surface area contributed by atoms with Gasteiger partial charge < -0.3 is 24.0 Å². The number of benzene rings is 5. The Morgan fingerprint density at radius 2 is 0.926 bits per heavy atom. The number of nitrogens with zero attached hydrogens (tertiary/aromatic N) is 2. The van der Waals surface area contributed by atoms with Gasteiger partial charge in [-0.3, -0.25) is 0 Å². The lowest BCUT2D eigenvalue weighted by Gasteiger charge is -2.27. The van der Waals surface area contributed by atoms with Crippen LogP contribution in [0.25, 0.3) is 11.1 Å². The maximum Gasteiger partial charge on any atom is 0.341 e. The van der Waals surface area contributed by atoms with Crippen molar-refractivity contribution in [3.63, 3.8) is 0 Å². The van der Waals surface area contributed by atoms with Crippen molar-refractivity contribution >= 4 is 74.9 Å². The molecule has 10 heteroatoms. The average molecular weight is 803 g/mol. The Morgan fingerprint density at radius 1 is 0.574 bits per heavy atom. The summed E-state index contributed by atoms with van der Waals surface area (Å²) in [6, 6.07) is 31.8. The van der Waals surface area contributed by atoms with Crippen LogP contribution in [-0.2, 0) is 10.3 Å². The summed E-state index contributed by atoms with van der Waals surface area (Å²) >= 11 is 27.3. The third-order valence-corrected chi connectivity index (χ3v) is 11.0. The van der Waals surface area contributed by atoms with Crippen LogP contribution in [0.1, 0.15) is 52.0 Å². The van der Waals surface area contributed by atoms with Crippen LogP contribution in [-0.4, -0.2) is 47.4 Å². The van der Waals surface area contributed by atoms with E-state index < -0.39 is 11.6 Å². The summed E-state index contributed by atoms with van der Waals surface area (Å²) in [6.45, 7) is 4.94. The number of ether oxygens (including phenoxy) is 3. The Bertz CT molecular complexity index is 2100. The van der Waals surface area contributed by atoms with Gasteiger partial charge in [0.15, 0.2) is 5.60 Å². The van der Waals surface area contributed by atoms with Gasteiger partial charge in [0.05, 0.1) is 38.9 Å². The first kappa shape index (κ1) is 39.1. The molecule has 0 unspecified atom stereocenters. The largest absolute Gasteiger partial charge is 0.494 e. The van der Waals surface area contributed by atoms with Crippen molar-refractivity contribution in [1.29, 1.82) is 0 Å². The van der Waals surface area contributed by atoms with Crippen LogP contribution < -0.4 is 19.3 Å². The van der Waals surface area contributed by atoms with Crippen molar-refractivity contribution in [2.24, 2.45) is 0 Å². The maximum atomic E-state index is 14.1. The molecule has 1 heterocycles. The van der Waals surface area contributed by atoms with Gasteiger partial charge in [-0.15, -0.1) is 0 Å². The van der Waals surface area contributed by atoms with E-state index in [0.29, 0.717) is 13.2 Å². The molecule has 0 aromatic heterocycles. The number of halogens is 4. The van der Waals surface area contributed by atoms with E-state index in [4.69, 9.17) is 60.6 Å². The number of carbonyl (C=O) groups is 1. The monoisotopic (exact) mass is 800 g/mol. The number of anilines is 2. The van der Waals surface area contributed by atoms with E-state index in [1.807, 2.05) is 161 Å². The second-order valence-electron chi connectivity index (χ2n) is 13.1. The zero-order valence-electron chi connectivity index (χ0n) is 30.8. The van der Waals surface area contributed by atoms with Crippen molar-refractivity contribution in [2.75, 3.05) is 51.2 Å². The van der Waals surface area contributed by atoms with Crippen molar-refractivity contribution < 1.29 is 19.0 Å². The van der Waals surface area contributed by atoms with E-state index in [9.17, 15) is 4.79 Å². The summed E-state index contributed by atoms with van der Waals surface area (Å²) in [5.41, 5.74) is 5.66. The minimum Gasteiger partial charge on any atom is -0.494 e. The summed E-state index contributed by atoms with van der Waals surface area (Å²) in [7, 11) is 7.95. The van der Waals surface area contributed by atoms with Gasteiger partial charge in [0, 0.05) is 45.1 Å². The molecule has 1 aliphatic heterocycles. The molecule has 0 spiro atoms. The predicted molar refractivity (Wildman–Crippen MR) is 224 cm³/mol. The normalized spacial score (nSPS) is 13.7. The van der Waals surface area contributed by atoms with Crippen molar-refractivity contribution in [2.45, 2.75) is 19.4 Å². The zero-order valence-corrected chi connectivity index (χ0v) is 33.9. The van der Waals surface area contributed by atoms with Crippen LogP contribution in [0.5, 0.6) is 11.5 Å². The lowest BCUT2D eigenvalue weighted by atomic mass is 9.83. The lowest BCUT2D eigenvalue weighted by Crippen LogP contribution is -2.23. The van der Waals surface area contributed by atoms with Crippen LogP contribution >= 0.6 is 46.4 Å². The lowest BCUT2D eigenvalue weighted by molar-refractivity contribution is 0.0300. The Kier molecular flexibility index (Phi) is 11.9. The summed E-state index contributed by atoms with van der Waals surface area (Å²) in [6.07, 6.45) is 3.82. The summed E-state index contributed by atoms with van der Waals surface area (Å²) in [5, 5.41) is 0.00958. The molecular formula is C44H40Cl4N2O4. The molecule has 278 valence electrons. The molecule has 6 rings (SSSR count). The molecule has 6 nitrogen and oxygen atoms in total. The molecule has 0 saturated carbocycles. The summed E-state index contributed by atoms with van der Waals surface area (Å²) in [4.78, 5) is 18.2. The third kappa shape index (κ3) is 7.80. The highest BCUT2D eigenvalue weighted by Gasteiger charge is 2.48. The number of cyclic esters (lactones) is 1. The molecule has 5 aromatic rings. The van der Waals surface area contributed by atoms with Crippen molar-refractivity contribution in [3.05, 3.63) is 163 Å². The first-order valence-electron chi connectivity index (χ1n) is 17.4. The van der Waals surface area contributed by atoms with E-state index in [-0.39, 0.29) is 31.2 Å². The first-order valence-corrected chi connectivity index (χ1v) is 19.0. The van der Waals surface area contributed by atoms with Crippen LogP contribution in [0.3, 0.4) is 0 Å². The number of hydrogen-bond donors (Lipinski definition) is 0. The molecule has 1 aliphatic rings. The predicted octanol–water partition coefficient (Wildman–Crippen LogP) is 11.9. The quantitative estimate of drug-likeness (QED) is 0.0711. The molecule has 0 bridgehead atoms. The molecule has 0 N–H and O–H groups in total. The molecule has 54 heavy (non-hydrogen) atoms. The van der Waals surface area contributed by atoms with E-state index in [1.54, 1.807) is 0 Å². The van der Waals surface area contributed by atoms with E-state index in [0.717, 1.165) is 56.3 Å². The van der Waals surface area contributed by atoms with Gasteiger partial charge in [-0.1, -0.05) is 94.9 Å². The smallest absolute Gasteiger partial charge is 0.341 e. The number of fused-ring (bicyclic) bond motifs is 1. The highest BCUT2D eigenvalue weighted by molar-refractivity contribution is 6.53. The van der Waals surface area contributed by atoms with Crippen molar-refractivity contribution in [1.82, 2.24) is 0 Å². The molecule has 0 radical (unpaired) electrons. The maximum absolute atomic E-state index is 14.1. The Labute approximate surface area is 337 Å². The minimum absolute atomic E-state index is 0.0162. The highest BCUT2D eigenvalue weighted by atomic mass is 35.5. The molecule has 0 amide bonds. The van der Waals surface area contributed by atoms with E-state index in [2.05, 4.69) is 0 Å². The number of esters is 1. The zero-order chi connectivity index (χ0) is 38.7. The van der Waals surface area contributed by atoms with Gasteiger partial charge in [-0.2, -0.15) is 0 Å². The fourth-order valence-corrected chi connectivity index (χ4v) is 7.54. The van der Waals surface area contributed by atoms with Crippen molar-refractivity contribution in [3.8, 4) is 11.5 Å². The fraction of sp³-hybridized carbons (Fsp3) is 0.205. The molecule has 0 aliphatic carbocycles. The molecule has 0 fully saturated rings. The van der Waals surface area contributed by atoms with Gasteiger partial charge in [0.1, 0.15) is 11.5 Å². The van der Waals surface area contributed by atoms with Gasteiger partial charge in [0.25, 0.3) is 0 Å². The Balaban J connectivity index is 1.72. The third-order valence-electron chi connectivity index (χ3n) is 9.18. The first-order chi connectivity index (χ1) is 25.9. The second-order valence-corrected chi connectivity index (χ2v) is 14.6. The van der Waals surface area contributed by atoms with E-state index in [1.165, 1.54) is 0 Å². The van der Waals surface area contributed by atoms with Crippen LogP contribution in [0.2, 0.25) is 20.1 Å². The van der Waals surface area contributed by atoms with Crippen LogP contribution in [0.15, 0.2) is 109 Å². The number of rotatable bonds is 12. The average Bonchev–Trinajstić information content (AvgIpc) is 3.46. The molecule has 5 aromatic carbocycles. The molecule has 0 atom stereocenters. The summed E-state index contributed by atoms with van der Waals surface area (Å²) in [5.74, 6) is 0.767. The van der Waals surface area contributed by atoms with Crippen LogP contribution in [0.4, 0.5) is 11.4 Å². The topological polar surface area (TPSA) is 51.2 Å². The molecular weight excluding hydrogens is 762 g/mol. The summed E-state index contributed by atoms with van der Waals surface area (Å²) < 4.78 is 18.1. The SMILES string of the molecule is CCOc1ccc(/C(=C/C2(/C=C(/c3ccc(OCC)cc3)c3ccc(N(C)C)cc3)OC(=O)c3c(Cl)c(Cl)c(Cl)c(Cl)c32)c2ccc(N(C)C)cc2)cc1. The van der Waals surface area contributed by atoms with Gasteiger partial charge in [-0.05, 0) is 108 Å². The number of hydrogen-bond acceptors (Lipinski definition) is 6. The fourth-order valence-electron chi connectivity index (χ4n) is 6.46. The van der Waals surface area contributed by atoms with Gasteiger partial charge in [0.2, 0.25) is 0 Å². The molecule has 0 saturated heterocycles.